The monoisotopic (exact) mass is 413 g/mol. The SMILES string of the molecule is CCN(CC)CCN1C(=O)C(=O)C(=C(O)c2ccc(Cl)cc2)C1c1ccccn1. The molecule has 0 bridgehead atoms. The van der Waals surface area contributed by atoms with Gasteiger partial charge in [-0.05, 0) is 49.5 Å². The first-order valence-electron chi connectivity index (χ1n) is 9.65. The Labute approximate surface area is 175 Å². The number of rotatable bonds is 7. The van der Waals surface area contributed by atoms with Gasteiger partial charge in [-0.25, -0.2) is 0 Å². The maximum absolute atomic E-state index is 12.9. The molecule has 1 aromatic heterocycles. The molecular weight excluding hydrogens is 390 g/mol. The maximum Gasteiger partial charge on any atom is 0.295 e. The highest BCUT2D eigenvalue weighted by atomic mass is 35.5. The number of aliphatic hydroxyl groups is 1. The van der Waals surface area contributed by atoms with Crippen molar-refractivity contribution in [2.24, 2.45) is 0 Å². The molecule has 3 rings (SSSR count). The first-order chi connectivity index (χ1) is 14.0. The van der Waals surface area contributed by atoms with Gasteiger partial charge >= 0.3 is 0 Å². The Morgan fingerprint density at radius 2 is 1.83 bits per heavy atom. The first kappa shape index (κ1) is 21.0. The first-order valence-corrected chi connectivity index (χ1v) is 10.0. The Hall–Kier alpha value is -2.70. The van der Waals surface area contributed by atoms with Crippen molar-refractivity contribution >= 4 is 29.1 Å². The highest BCUT2D eigenvalue weighted by molar-refractivity contribution is 6.46. The van der Waals surface area contributed by atoms with Crippen LogP contribution in [0.25, 0.3) is 5.76 Å². The summed E-state index contributed by atoms with van der Waals surface area (Å²) in [5.74, 6) is -1.54. The smallest absolute Gasteiger partial charge is 0.295 e. The van der Waals surface area contributed by atoms with Gasteiger partial charge < -0.3 is 14.9 Å². The zero-order valence-electron chi connectivity index (χ0n) is 16.5. The highest BCUT2D eigenvalue weighted by Crippen LogP contribution is 2.38. The topological polar surface area (TPSA) is 73.7 Å². The number of Topliss-reactive ketones (excluding diaryl/α,β-unsaturated/α-hetero) is 1. The van der Waals surface area contributed by atoms with E-state index < -0.39 is 17.7 Å². The van der Waals surface area contributed by atoms with E-state index in [1.807, 2.05) is 13.8 Å². The lowest BCUT2D eigenvalue weighted by Crippen LogP contribution is -2.38. The third kappa shape index (κ3) is 4.33. The summed E-state index contributed by atoms with van der Waals surface area (Å²) in [5.41, 5.74) is 1.02. The Kier molecular flexibility index (Phi) is 6.67. The second-order valence-electron chi connectivity index (χ2n) is 6.78. The van der Waals surface area contributed by atoms with Gasteiger partial charge in [-0.2, -0.15) is 0 Å². The standard InChI is InChI=1S/C22H24ClN3O3/c1-3-25(4-2)13-14-26-19(17-7-5-6-12-24-17)18(21(28)22(26)29)20(27)15-8-10-16(23)11-9-15/h5-12,19,27H,3-4,13-14H2,1-2H3. The Bertz CT molecular complexity index is 909. The van der Waals surface area contributed by atoms with Crippen LogP contribution in [0.4, 0.5) is 0 Å². The van der Waals surface area contributed by atoms with E-state index in [2.05, 4.69) is 9.88 Å². The molecular formula is C22H24ClN3O3. The van der Waals surface area contributed by atoms with E-state index in [9.17, 15) is 14.7 Å². The number of carbonyl (C=O) groups is 2. The highest BCUT2D eigenvalue weighted by Gasteiger charge is 2.46. The largest absolute Gasteiger partial charge is 0.507 e. The number of nitrogens with zero attached hydrogens (tertiary/aromatic N) is 3. The van der Waals surface area contributed by atoms with Crippen molar-refractivity contribution in [2.45, 2.75) is 19.9 Å². The van der Waals surface area contributed by atoms with Crippen LogP contribution in [-0.4, -0.2) is 57.8 Å². The van der Waals surface area contributed by atoms with E-state index in [0.29, 0.717) is 29.4 Å². The van der Waals surface area contributed by atoms with Crippen molar-refractivity contribution < 1.29 is 14.7 Å². The van der Waals surface area contributed by atoms with E-state index in [-0.39, 0.29) is 11.3 Å². The van der Waals surface area contributed by atoms with Gasteiger partial charge in [0.1, 0.15) is 11.8 Å². The van der Waals surface area contributed by atoms with E-state index in [0.717, 1.165) is 13.1 Å². The minimum atomic E-state index is -0.734. The normalized spacial score (nSPS) is 18.6. The quantitative estimate of drug-likeness (QED) is 0.427. The van der Waals surface area contributed by atoms with Crippen LogP contribution in [0.1, 0.15) is 31.1 Å². The molecule has 1 N–H and O–H groups in total. The van der Waals surface area contributed by atoms with Crippen LogP contribution in [0.3, 0.4) is 0 Å². The molecule has 1 saturated heterocycles. The lowest BCUT2D eigenvalue weighted by atomic mass is 9.98. The molecule has 29 heavy (non-hydrogen) atoms. The second kappa shape index (κ2) is 9.20. The number of likely N-dealkylation sites (N-methyl/N-ethyl adjacent to an activating group) is 1. The van der Waals surface area contributed by atoms with Gasteiger partial charge in [0.15, 0.2) is 0 Å². The van der Waals surface area contributed by atoms with Crippen molar-refractivity contribution in [3.05, 3.63) is 70.5 Å². The zero-order valence-corrected chi connectivity index (χ0v) is 17.3. The van der Waals surface area contributed by atoms with Gasteiger partial charge in [-0.15, -0.1) is 0 Å². The number of hydrogen-bond acceptors (Lipinski definition) is 5. The van der Waals surface area contributed by atoms with Crippen LogP contribution in [0.2, 0.25) is 5.02 Å². The van der Waals surface area contributed by atoms with Gasteiger partial charge in [-0.3, -0.25) is 14.6 Å². The fraction of sp³-hybridized carbons (Fsp3) is 0.318. The van der Waals surface area contributed by atoms with E-state index in [1.165, 1.54) is 4.90 Å². The zero-order chi connectivity index (χ0) is 21.0. The van der Waals surface area contributed by atoms with E-state index in [1.54, 1.807) is 48.7 Å². The van der Waals surface area contributed by atoms with Gasteiger partial charge in [0.2, 0.25) is 0 Å². The molecule has 0 spiro atoms. The summed E-state index contributed by atoms with van der Waals surface area (Å²) in [5, 5.41) is 11.4. The Balaban J connectivity index is 2.06. The summed E-state index contributed by atoms with van der Waals surface area (Å²) in [6.07, 6.45) is 1.61. The molecule has 152 valence electrons. The van der Waals surface area contributed by atoms with Crippen LogP contribution in [-0.2, 0) is 9.59 Å². The summed E-state index contributed by atoms with van der Waals surface area (Å²) in [4.78, 5) is 33.8. The molecule has 1 unspecified atom stereocenters. The van der Waals surface area contributed by atoms with Gasteiger partial charge in [0.25, 0.3) is 11.7 Å². The predicted octanol–water partition coefficient (Wildman–Crippen LogP) is 3.50. The summed E-state index contributed by atoms with van der Waals surface area (Å²) in [7, 11) is 0. The molecule has 1 fully saturated rings. The lowest BCUT2D eigenvalue weighted by Gasteiger charge is -2.27. The number of pyridine rings is 1. The molecule has 2 aromatic rings. The van der Waals surface area contributed by atoms with Crippen LogP contribution < -0.4 is 0 Å². The minimum Gasteiger partial charge on any atom is -0.507 e. The van der Waals surface area contributed by atoms with Gasteiger partial charge in [0.05, 0.1) is 11.3 Å². The fourth-order valence-corrected chi connectivity index (χ4v) is 3.63. The molecule has 0 radical (unpaired) electrons. The molecule has 1 amide bonds. The Morgan fingerprint density at radius 3 is 2.41 bits per heavy atom. The average Bonchev–Trinajstić information content (AvgIpc) is 3.00. The number of likely N-dealkylation sites (tertiary alicyclic amines) is 1. The number of amides is 1. The summed E-state index contributed by atoms with van der Waals surface area (Å²) < 4.78 is 0. The number of carbonyl (C=O) groups excluding carboxylic acids is 2. The maximum atomic E-state index is 12.9. The molecule has 2 heterocycles. The fourth-order valence-electron chi connectivity index (χ4n) is 3.51. The van der Waals surface area contributed by atoms with Gasteiger partial charge in [-0.1, -0.05) is 31.5 Å². The minimum absolute atomic E-state index is 0.0515. The third-order valence-electron chi connectivity index (χ3n) is 5.18. The molecule has 1 aromatic carbocycles. The van der Waals surface area contributed by atoms with Gasteiger partial charge in [0, 0.05) is 29.9 Å². The number of aromatic nitrogens is 1. The summed E-state index contributed by atoms with van der Waals surface area (Å²) in [6, 6.07) is 11.1. The van der Waals surface area contributed by atoms with Crippen molar-refractivity contribution in [3.8, 4) is 0 Å². The van der Waals surface area contributed by atoms with Crippen molar-refractivity contribution in [2.75, 3.05) is 26.2 Å². The second-order valence-corrected chi connectivity index (χ2v) is 7.22. The van der Waals surface area contributed by atoms with Crippen molar-refractivity contribution in [1.82, 2.24) is 14.8 Å². The molecule has 1 aliphatic rings. The van der Waals surface area contributed by atoms with Crippen molar-refractivity contribution in [1.29, 1.82) is 0 Å². The molecule has 0 aliphatic carbocycles. The molecule has 0 saturated carbocycles. The van der Waals surface area contributed by atoms with Crippen LogP contribution in [0.5, 0.6) is 0 Å². The van der Waals surface area contributed by atoms with Crippen LogP contribution in [0, 0.1) is 0 Å². The van der Waals surface area contributed by atoms with E-state index >= 15 is 0 Å². The summed E-state index contributed by atoms with van der Waals surface area (Å²) >= 11 is 5.93. The van der Waals surface area contributed by atoms with Crippen LogP contribution >= 0.6 is 11.6 Å². The molecule has 6 nitrogen and oxygen atoms in total. The van der Waals surface area contributed by atoms with Crippen molar-refractivity contribution in [3.63, 3.8) is 0 Å². The van der Waals surface area contributed by atoms with E-state index in [4.69, 9.17) is 11.6 Å². The number of benzene rings is 1. The number of hydrogen-bond donors (Lipinski definition) is 1. The third-order valence-corrected chi connectivity index (χ3v) is 5.43. The average molecular weight is 414 g/mol. The summed E-state index contributed by atoms with van der Waals surface area (Å²) in [6.45, 7) is 6.79. The Morgan fingerprint density at radius 1 is 1.14 bits per heavy atom. The molecule has 1 atom stereocenters. The molecule has 1 aliphatic heterocycles. The number of halogens is 1. The molecule has 7 heteroatoms. The van der Waals surface area contributed by atoms with Crippen LogP contribution in [0.15, 0.2) is 54.2 Å². The predicted molar refractivity (Wildman–Crippen MR) is 112 cm³/mol. The number of ketones is 1. The number of aliphatic hydroxyl groups excluding tert-OH is 1. The lowest BCUT2D eigenvalue weighted by molar-refractivity contribution is -0.140.